The average Bonchev–Trinajstić information content (AvgIpc) is 2.46. The van der Waals surface area contributed by atoms with Crippen molar-refractivity contribution >= 4 is 23.5 Å². The van der Waals surface area contributed by atoms with E-state index in [-0.39, 0.29) is 5.97 Å². The van der Waals surface area contributed by atoms with Gasteiger partial charge in [-0.15, -0.1) is 0 Å². The molecule has 0 aliphatic heterocycles. The van der Waals surface area contributed by atoms with Crippen molar-refractivity contribution in [3.05, 3.63) is 34.9 Å². The Morgan fingerprint density at radius 1 is 1.35 bits per heavy atom. The van der Waals surface area contributed by atoms with Crippen molar-refractivity contribution in [2.45, 2.75) is 19.9 Å². The Bertz CT molecular complexity index is 463. The number of hydrogen-bond donors (Lipinski definition) is 2. The lowest BCUT2D eigenvalue weighted by atomic mass is 10.2. The summed E-state index contributed by atoms with van der Waals surface area (Å²) in [6.07, 6.45) is 0.299. The minimum Gasteiger partial charge on any atom is -0.469 e. The van der Waals surface area contributed by atoms with Crippen molar-refractivity contribution in [3.63, 3.8) is 0 Å². The summed E-state index contributed by atoms with van der Waals surface area (Å²) in [6.45, 7) is 3.67. The van der Waals surface area contributed by atoms with E-state index in [1.807, 2.05) is 31.2 Å². The molecule has 1 aromatic rings. The van der Waals surface area contributed by atoms with Gasteiger partial charge in [-0.05, 0) is 18.6 Å². The fraction of sp³-hybridized carbons (Fsp3) is 0.429. The number of halogens is 1. The Balaban J connectivity index is 2.54. The molecule has 0 unspecified atom stereocenters. The number of benzene rings is 1. The fourth-order valence-electron chi connectivity index (χ4n) is 1.52. The zero-order chi connectivity index (χ0) is 14.8. The van der Waals surface area contributed by atoms with Crippen LogP contribution in [0.4, 0.5) is 0 Å². The monoisotopic (exact) mass is 297 g/mol. The van der Waals surface area contributed by atoms with Crippen molar-refractivity contribution in [1.29, 1.82) is 0 Å². The zero-order valence-corrected chi connectivity index (χ0v) is 12.5. The van der Waals surface area contributed by atoms with Crippen LogP contribution in [0.15, 0.2) is 29.3 Å². The molecule has 20 heavy (non-hydrogen) atoms. The number of carbonyl (C=O) groups excluding carboxylic acids is 1. The van der Waals surface area contributed by atoms with Crippen molar-refractivity contribution in [2.24, 2.45) is 4.99 Å². The van der Waals surface area contributed by atoms with Crippen molar-refractivity contribution in [3.8, 4) is 0 Å². The van der Waals surface area contributed by atoms with Crippen LogP contribution in [-0.2, 0) is 16.1 Å². The van der Waals surface area contributed by atoms with Gasteiger partial charge in [0, 0.05) is 18.1 Å². The third-order valence-corrected chi connectivity index (χ3v) is 2.93. The van der Waals surface area contributed by atoms with Gasteiger partial charge in [0.2, 0.25) is 0 Å². The molecule has 0 spiro atoms. The number of ether oxygens (including phenoxy) is 1. The molecule has 110 valence electrons. The molecule has 0 saturated heterocycles. The van der Waals surface area contributed by atoms with Gasteiger partial charge in [0.15, 0.2) is 5.96 Å². The van der Waals surface area contributed by atoms with Crippen molar-refractivity contribution < 1.29 is 9.53 Å². The number of nitrogens with one attached hydrogen (secondary N) is 2. The van der Waals surface area contributed by atoms with Crippen LogP contribution in [-0.4, -0.2) is 32.1 Å². The molecule has 1 rings (SSSR count). The van der Waals surface area contributed by atoms with Gasteiger partial charge in [0.1, 0.15) is 0 Å². The van der Waals surface area contributed by atoms with Crippen molar-refractivity contribution in [1.82, 2.24) is 10.6 Å². The number of aliphatic imine (C=N–C) groups is 1. The Kier molecular flexibility index (Phi) is 7.50. The molecule has 1 aromatic carbocycles. The lowest BCUT2D eigenvalue weighted by molar-refractivity contribution is -0.140. The minimum atomic E-state index is -0.251. The first-order valence-corrected chi connectivity index (χ1v) is 6.87. The third kappa shape index (κ3) is 5.93. The number of hydrogen-bond acceptors (Lipinski definition) is 3. The van der Waals surface area contributed by atoms with E-state index in [2.05, 4.69) is 20.4 Å². The number of methoxy groups -OCH3 is 1. The summed E-state index contributed by atoms with van der Waals surface area (Å²) >= 11 is 6.08. The van der Waals surface area contributed by atoms with Crippen LogP contribution < -0.4 is 10.6 Å². The minimum absolute atomic E-state index is 0.251. The Morgan fingerprint density at radius 3 is 2.75 bits per heavy atom. The van der Waals surface area contributed by atoms with Crippen molar-refractivity contribution in [2.75, 3.05) is 20.2 Å². The van der Waals surface area contributed by atoms with E-state index in [0.717, 1.165) is 12.1 Å². The predicted molar refractivity (Wildman–Crippen MR) is 80.9 cm³/mol. The Hall–Kier alpha value is -1.75. The summed E-state index contributed by atoms with van der Waals surface area (Å²) < 4.78 is 4.58. The van der Waals surface area contributed by atoms with E-state index >= 15 is 0 Å². The summed E-state index contributed by atoms with van der Waals surface area (Å²) in [5.41, 5.74) is 0.958. The maximum atomic E-state index is 11.0. The van der Waals surface area contributed by atoms with Gasteiger partial charge >= 0.3 is 5.97 Å². The van der Waals surface area contributed by atoms with Crippen LogP contribution in [0.5, 0.6) is 0 Å². The first kappa shape index (κ1) is 16.3. The number of carbonyl (C=O) groups is 1. The van der Waals surface area contributed by atoms with Crippen LogP contribution in [0, 0.1) is 0 Å². The van der Waals surface area contributed by atoms with Gasteiger partial charge < -0.3 is 15.4 Å². The molecule has 0 fully saturated rings. The highest BCUT2D eigenvalue weighted by Gasteiger charge is 2.02. The molecule has 0 amide bonds. The molecule has 6 heteroatoms. The molecule has 0 aliphatic rings. The molecule has 5 nitrogen and oxygen atoms in total. The molecule has 0 bridgehead atoms. The van der Waals surface area contributed by atoms with Crippen LogP contribution in [0.25, 0.3) is 0 Å². The van der Waals surface area contributed by atoms with Gasteiger partial charge in [0.25, 0.3) is 0 Å². The second kappa shape index (κ2) is 9.20. The van der Waals surface area contributed by atoms with Crippen LogP contribution in [0.3, 0.4) is 0 Å². The average molecular weight is 298 g/mol. The van der Waals surface area contributed by atoms with E-state index in [4.69, 9.17) is 11.6 Å². The summed E-state index contributed by atoms with van der Waals surface area (Å²) in [7, 11) is 1.37. The molecular weight excluding hydrogens is 278 g/mol. The van der Waals surface area contributed by atoms with Crippen LogP contribution in [0.1, 0.15) is 18.9 Å². The molecule has 0 aromatic heterocycles. The quantitative estimate of drug-likeness (QED) is 0.479. The molecule has 0 aliphatic carbocycles. The van der Waals surface area contributed by atoms with Gasteiger partial charge in [0.05, 0.1) is 20.1 Å². The highest BCUT2D eigenvalue weighted by Crippen LogP contribution is 2.15. The van der Waals surface area contributed by atoms with Gasteiger partial charge in [-0.1, -0.05) is 29.8 Å². The predicted octanol–water partition coefficient (Wildman–Crippen LogP) is 1.96. The van der Waals surface area contributed by atoms with E-state index in [0.29, 0.717) is 30.5 Å². The largest absolute Gasteiger partial charge is 0.469 e. The van der Waals surface area contributed by atoms with Gasteiger partial charge in [-0.2, -0.15) is 0 Å². The molecule has 0 heterocycles. The second-order valence-electron chi connectivity index (χ2n) is 4.04. The smallest absolute Gasteiger partial charge is 0.307 e. The highest BCUT2D eigenvalue weighted by atomic mass is 35.5. The van der Waals surface area contributed by atoms with Crippen LogP contribution in [0.2, 0.25) is 5.02 Å². The summed E-state index contributed by atoms with van der Waals surface area (Å²) in [4.78, 5) is 15.5. The zero-order valence-electron chi connectivity index (χ0n) is 11.8. The summed E-state index contributed by atoms with van der Waals surface area (Å²) in [5.74, 6) is 0.399. The molecule has 2 N–H and O–H groups in total. The van der Waals surface area contributed by atoms with E-state index in [1.165, 1.54) is 7.11 Å². The summed E-state index contributed by atoms with van der Waals surface area (Å²) in [6, 6.07) is 7.58. The molecular formula is C14H20ClN3O2. The lowest BCUT2D eigenvalue weighted by Crippen LogP contribution is -2.38. The molecule has 0 atom stereocenters. The Labute approximate surface area is 124 Å². The normalized spacial score (nSPS) is 11.1. The summed E-state index contributed by atoms with van der Waals surface area (Å²) in [5, 5.41) is 6.87. The lowest BCUT2D eigenvalue weighted by Gasteiger charge is -2.11. The first-order chi connectivity index (χ1) is 9.67. The standard InChI is InChI=1S/C14H20ClN3O2/c1-3-16-14(17-9-8-13(19)20-2)18-10-11-6-4-5-7-12(11)15/h4-7H,3,8-10H2,1-2H3,(H2,16,17,18). The third-order valence-electron chi connectivity index (χ3n) is 2.56. The topological polar surface area (TPSA) is 62.7 Å². The highest BCUT2D eigenvalue weighted by molar-refractivity contribution is 6.31. The number of nitrogens with zero attached hydrogens (tertiary/aromatic N) is 1. The fourth-order valence-corrected chi connectivity index (χ4v) is 1.71. The van der Waals surface area contributed by atoms with E-state index < -0.39 is 0 Å². The van der Waals surface area contributed by atoms with Gasteiger partial charge in [-0.3, -0.25) is 4.79 Å². The SMILES string of the molecule is CCNC(=NCc1ccccc1Cl)NCCC(=O)OC. The van der Waals surface area contributed by atoms with E-state index in [9.17, 15) is 4.79 Å². The van der Waals surface area contributed by atoms with Gasteiger partial charge in [-0.25, -0.2) is 4.99 Å². The first-order valence-electron chi connectivity index (χ1n) is 6.49. The molecule has 0 radical (unpaired) electrons. The Morgan fingerprint density at radius 2 is 2.10 bits per heavy atom. The number of esters is 1. The maximum Gasteiger partial charge on any atom is 0.307 e. The number of guanidine groups is 1. The maximum absolute atomic E-state index is 11.0. The van der Waals surface area contributed by atoms with E-state index in [1.54, 1.807) is 0 Å². The number of rotatable bonds is 6. The molecule has 0 saturated carbocycles. The van der Waals surface area contributed by atoms with Crippen LogP contribution >= 0.6 is 11.6 Å². The second-order valence-corrected chi connectivity index (χ2v) is 4.45.